The van der Waals surface area contributed by atoms with Crippen LogP contribution in [0.25, 0.3) is 6.08 Å². The summed E-state index contributed by atoms with van der Waals surface area (Å²) in [5.74, 6) is -0.641. The van der Waals surface area contributed by atoms with E-state index in [1.54, 1.807) is 13.0 Å². The van der Waals surface area contributed by atoms with Crippen molar-refractivity contribution >= 4 is 43.6 Å². The molecule has 0 aliphatic rings. The molecule has 10 heteroatoms. The number of anilines is 1. The molecule has 0 heterocycles. The minimum absolute atomic E-state index is 0.0342. The van der Waals surface area contributed by atoms with Gasteiger partial charge in [-0.25, -0.2) is 12.7 Å². The molecule has 1 N–H and O–H groups in total. The summed E-state index contributed by atoms with van der Waals surface area (Å²) in [7, 11) is -0.838. The first-order chi connectivity index (χ1) is 13.5. The lowest BCUT2D eigenvalue weighted by Crippen LogP contribution is -2.22. The monoisotopic (exact) mass is 488 g/mol. The van der Waals surface area contributed by atoms with Crippen LogP contribution in [0.3, 0.4) is 0 Å². The summed E-state index contributed by atoms with van der Waals surface area (Å²) in [5.41, 5.74) is 1.25. The first-order valence-corrected chi connectivity index (χ1v) is 10.5. The molecule has 0 saturated heterocycles. The third-order valence-corrected chi connectivity index (χ3v) is 6.15. The predicted octanol–water partition coefficient (Wildman–Crippen LogP) is 4.26. The number of aryl methyl sites for hydroxylation is 1. The van der Waals surface area contributed by atoms with E-state index in [2.05, 4.69) is 26.0 Å². The predicted molar refractivity (Wildman–Crippen MR) is 110 cm³/mol. The molecular formula is C19H19BrF2N2O4S. The molecule has 0 unspecified atom stereocenters. The number of carbonyl (C=O) groups is 1. The molecule has 0 saturated carbocycles. The van der Waals surface area contributed by atoms with Gasteiger partial charge in [0.25, 0.3) is 0 Å². The molecule has 156 valence electrons. The number of sulfonamides is 1. The SMILES string of the molecule is Cc1ccc(S(=O)(=O)N(C)C)cc1NC(=O)/C=C/c1cc(Br)ccc1OC(F)F. The fraction of sp³-hybridized carbons (Fsp3) is 0.211. The molecule has 2 aromatic rings. The molecule has 1 amide bonds. The lowest BCUT2D eigenvalue weighted by Gasteiger charge is -2.14. The van der Waals surface area contributed by atoms with E-state index in [1.807, 2.05) is 0 Å². The van der Waals surface area contributed by atoms with E-state index in [9.17, 15) is 22.0 Å². The van der Waals surface area contributed by atoms with Gasteiger partial charge in [0, 0.05) is 35.9 Å². The number of nitrogens with zero attached hydrogens (tertiary/aromatic N) is 1. The largest absolute Gasteiger partial charge is 0.434 e. The Labute approximate surface area is 176 Å². The molecule has 0 bridgehead atoms. The maximum Gasteiger partial charge on any atom is 0.387 e. The molecule has 0 aliphatic carbocycles. The third-order valence-electron chi connectivity index (χ3n) is 3.85. The molecule has 0 spiro atoms. The van der Waals surface area contributed by atoms with Crippen LogP contribution in [0.1, 0.15) is 11.1 Å². The summed E-state index contributed by atoms with van der Waals surface area (Å²) in [6.07, 6.45) is 2.47. The van der Waals surface area contributed by atoms with E-state index in [1.165, 1.54) is 50.5 Å². The average Bonchev–Trinajstić information content (AvgIpc) is 2.63. The minimum Gasteiger partial charge on any atom is -0.434 e. The van der Waals surface area contributed by atoms with Gasteiger partial charge in [-0.05, 0) is 48.9 Å². The normalized spacial score (nSPS) is 12.0. The van der Waals surface area contributed by atoms with E-state index in [0.29, 0.717) is 15.7 Å². The number of rotatable bonds is 7. The van der Waals surface area contributed by atoms with Crippen LogP contribution in [0.4, 0.5) is 14.5 Å². The third kappa shape index (κ3) is 6.09. The van der Waals surface area contributed by atoms with Gasteiger partial charge in [-0.15, -0.1) is 0 Å². The Morgan fingerprint density at radius 2 is 1.90 bits per heavy atom. The van der Waals surface area contributed by atoms with Gasteiger partial charge in [-0.1, -0.05) is 22.0 Å². The van der Waals surface area contributed by atoms with Gasteiger partial charge in [0.15, 0.2) is 0 Å². The number of benzene rings is 2. The van der Waals surface area contributed by atoms with E-state index in [-0.39, 0.29) is 16.2 Å². The van der Waals surface area contributed by atoms with Crippen LogP contribution in [0, 0.1) is 6.92 Å². The Morgan fingerprint density at radius 3 is 2.52 bits per heavy atom. The summed E-state index contributed by atoms with van der Waals surface area (Å²) in [6, 6.07) is 8.81. The van der Waals surface area contributed by atoms with Crippen molar-refractivity contribution in [1.29, 1.82) is 0 Å². The zero-order valence-corrected chi connectivity index (χ0v) is 18.2. The highest BCUT2D eigenvalue weighted by molar-refractivity contribution is 9.10. The number of amides is 1. The van der Waals surface area contributed by atoms with Crippen molar-refractivity contribution in [2.24, 2.45) is 0 Å². The second kappa shape index (κ2) is 9.47. The number of carbonyl (C=O) groups excluding carboxylic acids is 1. The van der Waals surface area contributed by atoms with Gasteiger partial charge in [-0.2, -0.15) is 8.78 Å². The van der Waals surface area contributed by atoms with Crippen molar-refractivity contribution in [2.75, 3.05) is 19.4 Å². The van der Waals surface area contributed by atoms with Crippen molar-refractivity contribution < 1.29 is 26.7 Å². The van der Waals surface area contributed by atoms with Crippen molar-refractivity contribution in [3.8, 4) is 5.75 Å². The summed E-state index contributed by atoms with van der Waals surface area (Å²) in [5, 5.41) is 2.60. The van der Waals surface area contributed by atoms with Crippen LogP contribution in [0.15, 0.2) is 51.8 Å². The van der Waals surface area contributed by atoms with Crippen molar-refractivity contribution in [1.82, 2.24) is 4.31 Å². The first kappa shape index (κ1) is 23.0. The summed E-state index contributed by atoms with van der Waals surface area (Å²) < 4.78 is 55.7. The summed E-state index contributed by atoms with van der Waals surface area (Å²) >= 11 is 3.23. The Morgan fingerprint density at radius 1 is 1.21 bits per heavy atom. The number of nitrogens with one attached hydrogen (secondary N) is 1. The number of hydrogen-bond acceptors (Lipinski definition) is 4. The second-order valence-corrected chi connectivity index (χ2v) is 9.21. The van der Waals surface area contributed by atoms with Gasteiger partial charge < -0.3 is 10.1 Å². The van der Waals surface area contributed by atoms with Gasteiger partial charge in [0.05, 0.1) is 4.90 Å². The number of ether oxygens (including phenoxy) is 1. The molecule has 29 heavy (non-hydrogen) atoms. The highest BCUT2D eigenvalue weighted by atomic mass is 79.9. The Kier molecular flexibility index (Phi) is 7.50. The Bertz CT molecular complexity index is 1040. The molecule has 2 aromatic carbocycles. The second-order valence-electron chi connectivity index (χ2n) is 6.15. The van der Waals surface area contributed by atoms with E-state index < -0.39 is 22.5 Å². The zero-order valence-electron chi connectivity index (χ0n) is 15.8. The quantitative estimate of drug-likeness (QED) is 0.590. The number of alkyl halides is 2. The van der Waals surface area contributed by atoms with E-state index in [4.69, 9.17) is 0 Å². The molecule has 0 fully saturated rings. The molecule has 0 aromatic heterocycles. The molecule has 0 aliphatic heterocycles. The zero-order chi connectivity index (χ0) is 21.8. The van der Waals surface area contributed by atoms with Crippen molar-refractivity contribution in [2.45, 2.75) is 18.4 Å². The smallest absolute Gasteiger partial charge is 0.387 e. The lowest BCUT2D eigenvalue weighted by molar-refractivity contribution is -0.111. The minimum atomic E-state index is -3.66. The lowest BCUT2D eigenvalue weighted by atomic mass is 10.1. The van der Waals surface area contributed by atoms with Crippen LogP contribution in [-0.2, 0) is 14.8 Å². The van der Waals surface area contributed by atoms with Gasteiger partial charge in [0.2, 0.25) is 15.9 Å². The summed E-state index contributed by atoms with van der Waals surface area (Å²) in [6.45, 7) is -1.28. The highest BCUT2D eigenvalue weighted by Gasteiger charge is 2.18. The molecule has 0 radical (unpaired) electrons. The fourth-order valence-corrected chi connectivity index (χ4v) is 3.61. The van der Waals surface area contributed by atoms with Gasteiger partial charge >= 0.3 is 6.61 Å². The maximum absolute atomic E-state index is 12.5. The van der Waals surface area contributed by atoms with Crippen LogP contribution in [0.5, 0.6) is 5.75 Å². The molecule has 6 nitrogen and oxygen atoms in total. The standard InChI is InChI=1S/C19H19BrF2N2O4S/c1-12-4-7-15(29(26,27)24(2)3)11-16(12)23-18(25)9-5-13-10-14(20)6-8-17(13)28-19(21)22/h4-11,19H,1-3H3,(H,23,25)/b9-5+. The van der Waals surface area contributed by atoms with Gasteiger partial charge in [0.1, 0.15) is 5.75 Å². The molecular weight excluding hydrogens is 470 g/mol. The number of halogens is 3. The van der Waals surface area contributed by atoms with Crippen molar-refractivity contribution in [3.05, 3.63) is 58.1 Å². The van der Waals surface area contributed by atoms with Crippen LogP contribution < -0.4 is 10.1 Å². The Hall–Kier alpha value is -2.30. The van der Waals surface area contributed by atoms with Gasteiger partial charge in [-0.3, -0.25) is 4.79 Å². The van der Waals surface area contributed by atoms with E-state index >= 15 is 0 Å². The average molecular weight is 489 g/mol. The van der Waals surface area contributed by atoms with Crippen molar-refractivity contribution in [3.63, 3.8) is 0 Å². The molecule has 2 rings (SSSR count). The summed E-state index contributed by atoms with van der Waals surface area (Å²) in [4.78, 5) is 12.3. The highest BCUT2D eigenvalue weighted by Crippen LogP contribution is 2.26. The first-order valence-electron chi connectivity index (χ1n) is 8.27. The molecule has 0 atom stereocenters. The number of hydrogen-bond donors (Lipinski definition) is 1. The maximum atomic E-state index is 12.5. The topological polar surface area (TPSA) is 75.7 Å². The van der Waals surface area contributed by atoms with E-state index in [0.717, 1.165) is 10.4 Å². The van der Waals surface area contributed by atoms with Crippen LogP contribution in [-0.4, -0.2) is 39.3 Å². The van der Waals surface area contributed by atoms with Crippen LogP contribution in [0.2, 0.25) is 0 Å². The fourth-order valence-electron chi connectivity index (χ4n) is 2.30. The Balaban J connectivity index is 2.25. The van der Waals surface area contributed by atoms with Crippen LogP contribution >= 0.6 is 15.9 Å².